The molecule has 0 fully saturated rings. The summed E-state index contributed by atoms with van der Waals surface area (Å²) in [4.78, 5) is 12.6. The largest absolute Gasteiger partial charge is 0.416 e. The van der Waals surface area contributed by atoms with E-state index in [-0.39, 0.29) is 11.4 Å². The highest BCUT2D eigenvalue weighted by Crippen LogP contribution is 2.31. The van der Waals surface area contributed by atoms with E-state index in [2.05, 4.69) is 20.6 Å². The van der Waals surface area contributed by atoms with Crippen molar-refractivity contribution in [3.8, 4) is 11.1 Å². The highest BCUT2D eigenvalue weighted by Gasteiger charge is 2.30. The monoisotopic (exact) mass is 431 g/mol. The maximum absolute atomic E-state index is 12.9. The van der Waals surface area contributed by atoms with Crippen LogP contribution in [0.3, 0.4) is 0 Å². The predicted molar refractivity (Wildman–Crippen MR) is 105 cm³/mol. The second kappa shape index (κ2) is 7.42. The molecule has 0 saturated carbocycles. The van der Waals surface area contributed by atoms with Gasteiger partial charge < -0.3 is 5.32 Å². The van der Waals surface area contributed by atoms with Crippen LogP contribution in [0.5, 0.6) is 0 Å². The standard InChI is InChI=1S/C20H13ClF3N5O/c1-11-17(19(30)26-15-4-2-3-13(9-15)20(22,23)24)27-28-18-16(10-25-29(11)18)12-5-7-14(21)8-6-12/h2-10H,1H3,(H,26,30). The molecule has 0 radical (unpaired) electrons. The first-order valence-corrected chi connectivity index (χ1v) is 9.07. The van der Waals surface area contributed by atoms with Gasteiger partial charge in [-0.2, -0.15) is 18.3 Å². The highest BCUT2D eigenvalue weighted by atomic mass is 35.5. The maximum Gasteiger partial charge on any atom is 0.416 e. The van der Waals surface area contributed by atoms with E-state index in [1.807, 2.05) is 12.1 Å². The molecule has 152 valence electrons. The molecule has 0 unspecified atom stereocenters. The van der Waals surface area contributed by atoms with E-state index in [4.69, 9.17) is 11.6 Å². The number of carbonyl (C=O) groups is 1. The Morgan fingerprint density at radius 1 is 1.10 bits per heavy atom. The minimum absolute atomic E-state index is 0.00144. The van der Waals surface area contributed by atoms with Crippen molar-refractivity contribution in [1.29, 1.82) is 0 Å². The average Bonchev–Trinajstić information content (AvgIpc) is 3.13. The van der Waals surface area contributed by atoms with Crippen LogP contribution in [0.4, 0.5) is 18.9 Å². The SMILES string of the molecule is Cc1c(C(=O)Nc2cccc(C(F)(F)F)c2)nnc2c(-c3ccc(Cl)cc3)cnn12. The van der Waals surface area contributed by atoms with Crippen molar-refractivity contribution in [3.05, 3.63) is 76.7 Å². The van der Waals surface area contributed by atoms with Crippen LogP contribution in [0.2, 0.25) is 5.02 Å². The first-order valence-electron chi connectivity index (χ1n) is 8.69. The molecule has 0 spiro atoms. The van der Waals surface area contributed by atoms with Crippen molar-refractivity contribution in [2.45, 2.75) is 13.1 Å². The van der Waals surface area contributed by atoms with Crippen molar-refractivity contribution in [3.63, 3.8) is 0 Å². The number of nitrogens with one attached hydrogen (secondary N) is 1. The zero-order valence-electron chi connectivity index (χ0n) is 15.4. The Balaban J connectivity index is 1.66. The lowest BCUT2D eigenvalue weighted by Crippen LogP contribution is -2.19. The number of benzene rings is 2. The minimum atomic E-state index is -4.51. The normalized spacial score (nSPS) is 11.6. The number of hydrogen-bond acceptors (Lipinski definition) is 4. The van der Waals surface area contributed by atoms with Crippen LogP contribution in [-0.4, -0.2) is 25.7 Å². The molecule has 0 aliphatic heterocycles. The van der Waals surface area contributed by atoms with E-state index in [9.17, 15) is 18.0 Å². The molecule has 0 bridgehead atoms. The van der Waals surface area contributed by atoms with Gasteiger partial charge in [0.25, 0.3) is 5.91 Å². The second-order valence-electron chi connectivity index (χ2n) is 6.47. The predicted octanol–water partition coefficient (Wildman–Crippen LogP) is 5.02. The lowest BCUT2D eigenvalue weighted by Gasteiger charge is -2.10. The highest BCUT2D eigenvalue weighted by molar-refractivity contribution is 6.30. The molecule has 0 aliphatic rings. The third-order valence-electron chi connectivity index (χ3n) is 4.47. The minimum Gasteiger partial charge on any atom is -0.321 e. The second-order valence-corrected chi connectivity index (χ2v) is 6.90. The number of nitrogens with zero attached hydrogens (tertiary/aromatic N) is 4. The summed E-state index contributed by atoms with van der Waals surface area (Å²) in [5, 5.41) is 15.4. The Bertz CT molecular complexity index is 1250. The summed E-state index contributed by atoms with van der Waals surface area (Å²) in [6.07, 6.45) is -2.92. The van der Waals surface area contributed by atoms with E-state index >= 15 is 0 Å². The van der Waals surface area contributed by atoms with Crippen LogP contribution in [0, 0.1) is 6.92 Å². The Kier molecular flexibility index (Phi) is 4.90. The first kappa shape index (κ1) is 19.8. The molecule has 1 amide bonds. The average molecular weight is 432 g/mol. The summed E-state index contributed by atoms with van der Waals surface area (Å²) in [6, 6.07) is 11.4. The molecular weight excluding hydrogens is 419 g/mol. The van der Waals surface area contributed by atoms with Gasteiger partial charge in [-0.3, -0.25) is 4.79 Å². The summed E-state index contributed by atoms with van der Waals surface area (Å²) >= 11 is 5.92. The summed E-state index contributed by atoms with van der Waals surface area (Å²) in [5.74, 6) is -0.690. The van der Waals surface area contributed by atoms with Crippen molar-refractivity contribution in [1.82, 2.24) is 19.8 Å². The molecule has 4 aromatic rings. The van der Waals surface area contributed by atoms with Gasteiger partial charge in [-0.1, -0.05) is 29.8 Å². The summed E-state index contributed by atoms with van der Waals surface area (Å²) in [5.41, 5.74) is 1.44. The van der Waals surface area contributed by atoms with Crippen LogP contribution in [0.15, 0.2) is 54.7 Å². The van der Waals surface area contributed by atoms with Gasteiger partial charge in [0.2, 0.25) is 0 Å². The number of anilines is 1. The van der Waals surface area contributed by atoms with E-state index in [0.717, 1.165) is 17.7 Å². The molecule has 0 saturated heterocycles. The van der Waals surface area contributed by atoms with Crippen molar-refractivity contribution >= 4 is 28.8 Å². The molecule has 30 heavy (non-hydrogen) atoms. The maximum atomic E-state index is 12.9. The number of halogens is 4. The van der Waals surface area contributed by atoms with Gasteiger partial charge in [0, 0.05) is 16.3 Å². The number of aromatic nitrogens is 4. The molecule has 0 atom stereocenters. The van der Waals surface area contributed by atoms with E-state index in [0.29, 0.717) is 21.9 Å². The Labute approximate surface area is 173 Å². The van der Waals surface area contributed by atoms with Gasteiger partial charge in [-0.15, -0.1) is 10.2 Å². The smallest absolute Gasteiger partial charge is 0.321 e. The summed E-state index contributed by atoms with van der Waals surface area (Å²) in [6.45, 7) is 1.63. The summed E-state index contributed by atoms with van der Waals surface area (Å²) < 4.78 is 40.1. The van der Waals surface area contributed by atoms with E-state index < -0.39 is 17.6 Å². The molecule has 4 rings (SSSR count). The number of aryl methyl sites for hydroxylation is 1. The number of hydrogen-bond donors (Lipinski definition) is 1. The zero-order valence-corrected chi connectivity index (χ0v) is 16.2. The van der Waals surface area contributed by atoms with E-state index in [1.54, 1.807) is 25.3 Å². The number of fused-ring (bicyclic) bond motifs is 1. The molecular formula is C20H13ClF3N5O. The van der Waals surface area contributed by atoms with Crippen LogP contribution in [0.25, 0.3) is 16.8 Å². The van der Waals surface area contributed by atoms with Gasteiger partial charge in [0.1, 0.15) is 0 Å². The molecule has 2 aromatic heterocycles. The Morgan fingerprint density at radius 3 is 2.53 bits per heavy atom. The topological polar surface area (TPSA) is 72.2 Å². The van der Waals surface area contributed by atoms with Gasteiger partial charge >= 0.3 is 6.18 Å². The van der Waals surface area contributed by atoms with Crippen molar-refractivity contribution in [2.75, 3.05) is 5.32 Å². The molecule has 10 heteroatoms. The first-order chi connectivity index (χ1) is 14.2. The lowest BCUT2D eigenvalue weighted by atomic mass is 10.1. The fourth-order valence-electron chi connectivity index (χ4n) is 2.96. The summed E-state index contributed by atoms with van der Waals surface area (Å²) in [7, 11) is 0. The van der Waals surface area contributed by atoms with E-state index in [1.165, 1.54) is 16.6 Å². The van der Waals surface area contributed by atoms with Gasteiger partial charge in [0.05, 0.1) is 17.5 Å². The van der Waals surface area contributed by atoms with Gasteiger partial charge in [-0.25, -0.2) is 4.52 Å². The lowest BCUT2D eigenvalue weighted by molar-refractivity contribution is -0.137. The third-order valence-corrected chi connectivity index (χ3v) is 4.72. The fraction of sp³-hybridized carbons (Fsp3) is 0.100. The fourth-order valence-corrected chi connectivity index (χ4v) is 3.09. The number of amides is 1. The van der Waals surface area contributed by atoms with Crippen LogP contribution >= 0.6 is 11.6 Å². The van der Waals surface area contributed by atoms with Crippen molar-refractivity contribution in [2.24, 2.45) is 0 Å². The van der Waals surface area contributed by atoms with Gasteiger partial charge in [0.15, 0.2) is 11.3 Å². The third kappa shape index (κ3) is 3.71. The zero-order chi connectivity index (χ0) is 21.5. The van der Waals surface area contributed by atoms with Gasteiger partial charge in [-0.05, 0) is 42.8 Å². The Morgan fingerprint density at radius 2 is 1.83 bits per heavy atom. The van der Waals surface area contributed by atoms with Crippen LogP contribution < -0.4 is 5.32 Å². The molecule has 1 N–H and O–H groups in total. The molecule has 2 aromatic carbocycles. The molecule has 2 heterocycles. The molecule has 6 nitrogen and oxygen atoms in total. The quantitative estimate of drug-likeness (QED) is 0.494. The molecule has 0 aliphatic carbocycles. The van der Waals surface area contributed by atoms with Crippen LogP contribution in [0.1, 0.15) is 21.7 Å². The number of carbonyl (C=O) groups excluding carboxylic acids is 1. The number of rotatable bonds is 3. The Hall–Kier alpha value is -3.46. The van der Waals surface area contributed by atoms with Crippen molar-refractivity contribution < 1.29 is 18.0 Å². The van der Waals surface area contributed by atoms with Crippen LogP contribution in [-0.2, 0) is 6.18 Å². The number of alkyl halides is 3.